The Morgan fingerprint density at radius 1 is 1.24 bits per heavy atom. The lowest BCUT2D eigenvalue weighted by atomic mass is 9.86. The van der Waals surface area contributed by atoms with Gasteiger partial charge in [-0.25, -0.2) is 0 Å². The van der Waals surface area contributed by atoms with E-state index < -0.39 is 11.4 Å². The van der Waals surface area contributed by atoms with E-state index in [-0.39, 0.29) is 11.2 Å². The lowest BCUT2D eigenvalue weighted by molar-refractivity contribution is -0.141. The van der Waals surface area contributed by atoms with Gasteiger partial charge in [0.2, 0.25) is 0 Å². The van der Waals surface area contributed by atoms with E-state index in [2.05, 4.69) is 0 Å². The van der Waals surface area contributed by atoms with Crippen LogP contribution in [0.4, 0.5) is 0 Å². The third kappa shape index (κ3) is 1.45. The molecule has 3 heteroatoms. The first-order valence-electron chi connectivity index (χ1n) is 5.76. The van der Waals surface area contributed by atoms with Gasteiger partial charge in [0.1, 0.15) is 5.75 Å². The molecule has 2 N–H and O–H groups in total. The highest BCUT2D eigenvalue weighted by molar-refractivity contribution is 5.87. The first-order valence-corrected chi connectivity index (χ1v) is 5.76. The van der Waals surface area contributed by atoms with Gasteiger partial charge in [-0.05, 0) is 42.4 Å². The van der Waals surface area contributed by atoms with Gasteiger partial charge in [-0.2, -0.15) is 0 Å². The maximum atomic E-state index is 11.5. The predicted molar refractivity (Wildman–Crippen MR) is 65.3 cm³/mol. The van der Waals surface area contributed by atoms with Crippen LogP contribution in [0, 0.1) is 19.3 Å². The summed E-state index contributed by atoms with van der Waals surface area (Å²) in [5.74, 6) is -0.514. The molecule has 1 atom stereocenters. The molecule has 0 aromatic heterocycles. The highest BCUT2D eigenvalue weighted by atomic mass is 16.4. The van der Waals surface area contributed by atoms with Crippen molar-refractivity contribution in [2.24, 2.45) is 5.41 Å². The van der Waals surface area contributed by atoms with Crippen molar-refractivity contribution in [2.75, 3.05) is 0 Å². The molecule has 1 saturated carbocycles. The van der Waals surface area contributed by atoms with Crippen LogP contribution >= 0.6 is 0 Å². The van der Waals surface area contributed by atoms with Crippen LogP contribution in [-0.4, -0.2) is 16.2 Å². The number of aliphatic carboxylic acids is 1. The number of aryl methyl sites for hydroxylation is 2. The number of benzene rings is 1. The van der Waals surface area contributed by atoms with E-state index in [1.165, 1.54) is 0 Å². The molecule has 1 fully saturated rings. The van der Waals surface area contributed by atoms with Gasteiger partial charge in [-0.15, -0.1) is 0 Å². The van der Waals surface area contributed by atoms with E-state index in [9.17, 15) is 15.0 Å². The van der Waals surface area contributed by atoms with Crippen molar-refractivity contribution >= 4 is 5.97 Å². The normalized spacial score (nSPS) is 25.6. The highest BCUT2D eigenvalue weighted by Crippen LogP contribution is 2.64. The summed E-state index contributed by atoms with van der Waals surface area (Å²) in [5.41, 5.74) is 1.29. The fourth-order valence-corrected chi connectivity index (χ4v) is 2.80. The highest BCUT2D eigenvalue weighted by Gasteiger charge is 2.67. The Morgan fingerprint density at radius 3 is 1.94 bits per heavy atom. The molecular formula is C14H18O3. The fraction of sp³-hybridized carbons (Fsp3) is 0.500. The Hall–Kier alpha value is -1.51. The maximum absolute atomic E-state index is 11.5. The second kappa shape index (κ2) is 3.25. The largest absolute Gasteiger partial charge is 0.507 e. The molecule has 1 aliphatic carbocycles. The summed E-state index contributed by atoms with van der Waals surface area (Å²) < 4.78 is 0. The van der Waals surface area contributed by atoms with E-state index >= 15 is 0 Å². The molecule has 0 saturated heterocycles. The van der Waals surface area contributed by atoms with Crippen molar-refractivity contribution in [1.29, 1.82) is 0 Å². The van der Waals surface area contributed by atoms with Crippen molar-refractivity contribution in [3.8, 4) is 5.75 Å². The molecular weight excluding hydrogens is 216 g/mol. The van der Waals surface area contributed by atoms with Gasteiger partial charge in [0.25, 0.3) is 0 Å². The quantitative estimate of drug-likeness (QED) is 0.827. The summed E-state index contributed by atoms with van der Waals surface area (Å²) in [6.07, 6.45) is 0.652. The molecule has 1 aliphatic rings. The summed E-state index contributed by atoms with van der Waals surface area (Å²) in [6, 6.07) is 3.59. The molecule has 17 heavy (non-hydrogen) atoms. The summed E-state index contributed by atoms with van der Waals surface area (Å²) in [6.45, 7) is 7.55. The second-order valence-corrected chi connectivity index (χ2v) is 5.73. The van der Waals surface area contributed by atoms with Gasteiger partial charge in [0, 0.05) is 0 Å². The summed E-state index contributed by atoms with van der Waals surface area (Å²) in [5, 5.41) is 19.2. The van der Waals surface area contributed by atoms with E-state index in [4.69, 9.17) is 0 Å². The van der Waals surface area contributed by atoms with Crippen LogP contribution in [0.25, 0.3) is 0 Å². The lowest BCUT2D eigenvalue weighted by Crippen LogP contribution is -2.25. The number of phenolic OH excluding ortho intramolecular Hbond substituents is 1. The summed E-state index contributed by atoms with van der Waals surface area (Å²) in [7, 11) is 0. The number of carbonyl (C=O) groups is 1. The third-order valence-electron chi connectivity index (χ3n) is 4.09. The van der Waals surface area contributed by atoms with Gasteiger partial charge < -0.3 is 10.2 Å². The Morgan fingerprint density at radius 2 is 1.65 bits per heavy atom. The third-order valence-corrected chi connectivity index (χ3v) is 4.09. The molecule has 0 spiro atoms. The number of rotatable bonds is 2. The standard InChI is InChI=1S/C14H18O3/c1-8-5-10(6-9(2)11(8)15)14(12(16)17)7-13(14,3)4/h5-6,15H,7H2,1-4H3,(H,16,17). The minimum absolute atomic E-state index is 0.214. The SMILES string of the molecule is Cc1cc(C2(C(=O)O)CC2(C)C)cc(C)c1O. The molecule has 1 aromatic rings. The van der Waals surface area contributed by atoms with Crippen LogP contribution in [0.2, 0.25) is 0 Å². The van der Waals surface area contributed by atoms with Crippen LogP contribution in [0.3, 0.4) is 0 Å². The number of hydrogen-bond acceptors (Lipinski definition) is 2. The monoisotopic (exact) mass is 234 g/mol. The Labute approximate surface area is 101 Å². The fourth-order valence-electron chi connectivity index (χ4n) is 2.80. The smallest absolute Gasteiger partial charge is 0.314 e. The van der Waals surface area contributed by atoms with Crippen LogP contribution in [-0.2, 0) is 10.2 Å². The maximum Gasteiger partial charge on any atom is 0.314 e. The van der Waals surface area contributed by atoms with Crippen LogP contribution in [0.1, 0.15) is 37.0 Å². The van der Waals surface area contributed by atoms with Crippen molar-refractivity contribution in [2.45, 2.75) is 39.5 Å². The van der Waals surface area contributed by atoms with Crippen molar-refractivity contribution < 1.29 is 15.0 Å². The first-order chi connectivity index (χ1) is 7.72. The Bertz CT molecular complexity index is 479. The number of hydrogen-bond donors (Lipinski definition) is 2. The number of phenols is 1. The molecule has 0 heterocycles. The lowest BCUT2D eigenvalue weighted by Gasteiger charge is -2.18. The van der Waals surface area contributed by atoms with Crippen LogP contribution in [0.15, 0.2) is 12.1 Å². The number of carboxylic acid groups (broad SMARTS) is 1. The molecule has 3 nitrogen and oxygen atoms in total. The van der Waals surface area contributed by atoms with Crippen LogP contribution < -0.4 is 0 Å². The average Bonchev–Trinajstić information content (AvgIpc) is 2.79. The zero-order valence-corrected chi connectivity index (χ0v) is 10.7. The Kier molecular flexibility index (Phi) is 2.29. The van der Waals surface area contributed by atoms with Gasteiger partial charge in [-0.3, -0.25) is 4.79 Å². The Balaban J connectivity index is 2.59. The molecule has 0 bridgehead atoms. The minimum Gasteiger partial charge on any atom is -0.507 e. The molecule has 92 valence electrons. The molecule has 0 aliphatic heterocycles. The molecule has 2 rings (SSSR count). The van der Waals surface area contributed by atoms with Crippen molar-refractivity contribution in [3.63, 3.8) is 0 Å². The zero-order chi connectivity index (χ0) is 13.0. The summed E-state index contributed by atoms with van der Waals surface area (Å²) >= 11 is 0. The molecule has 0 radical (unpaired) electrons. The minimum atomic E-state index is -0.782. The van der Waals surface area contributed by atoms with E-state index in [0.717, 1.165) is 16.7 Å². The predicted octanol–water partition coefficient (Wildman–Crippen LogP) is 2.76. The average molecular weight is 234 g/mol. The summed E-state index contributed by atoms with van der Waals surface area (Å²) in [4.78, 5) is 11.5. The topological polar surface area (TPSA) is 57.5 Å². The first kappa shape index (κ1) is 12.0. The van der Waals surface area contributed by atoms with Gasteiger partial charge >= 0.3 is 5.97 Å². The van der Waals surface area contributed by atoms with E-state index in [1.54, 1.807) is 26.0 Å². The molecule has 0 amide bonds. The molecule has 1 unspecified atom stereocenters. The van der Waals surface area contributed by atoms with E-state index in [0.29, 0.717) is 6.42 Å². The number of aromatic hydroxyl groups is 1. The van der Waals surface area contributed by atoms with Crippen molar-refractivity contribution in [1.82, 2.24) is 0 Å². The van der Waals surface area contributed by atoms with Gasteiger partial charge in [-0.1, -0.05) is 26.0 Å². The van der Waals surface area contributed by atoms with Crippen LogP contribution in [0.5, 0.6) is 5.75 Å². The van der Waals surface area contributed by atoms with E-state index in [1.807, 2.05) is 13.8 Å². The van der Waals surface area contributed by atoms with Crippen molar-refractivity contribution in [3.05, 3.63) is 28.8 Å². The van der Waals surface area contributed by atoms with Gasteiger partial charge in [0.15, 0.2) is 0 Å². The second-order valence-electron chi connectivity index (χ2n) is 5.73. The zero-order valence-electron chi connectivity index (χ0n) is 10.7. The number of carboxylic acids is 1. The van der Waals surface area contributed by atoms with Gasteiger partial charge in [0.05, 0.1) is 5.41 Å². The molecule has 1 aromatic carbocycles.